The largest absolute Gasteiger partial charge is 0.444 e. The maximum absolute atomic E-state index is 13.3. The van der Waals surface area contributed by atoms with Crippen LogP contribution in [-0.2, 0) is 19.1 Å². The number of likely N-dealkylation sites (N-methyl/N-ethyl adjacent to an activating group) is 1. The zero-order chi connectivity index (χ0) is 28.5. The van der Waals surface area contributed by atoms with Gasteiger partial charge in [-0.05, 0) is 66.1 Å². The molecule has 0 bridgehead atoms. The van der Waals surface area contributed by atoms with E-state index in [9.17, 15) is 24.0 Å². The second-order valence-electron chi connectivity index (χ2n) is 11.2. The van der Waals surface area contributed by atoms with Gasteiger partial charge in [0, 0.05) is 25.6 Å². The van der Waals surface area contributed by atoms with E-state index in [1.165, 1.54) is 4.57 Å². The number of carbonyl (C=O) groups excluding carboxylic acids is 4. The van der Waals surface area contributed by atoms with Crippen LogP contribution in [0.2, 0.25) is 0 Å². The Bertz CT molecular complexity index is 1360. The summed E-state index contributed by atoms with van der Waals surface area (Å²) >= 11 is 0. The first-order chi connectivity index (χ1) is 18.3. The average molecular weight is 541 g/mol. The van der Waals surface area contributed by atoms with E-state index in [1.54, 1.807) is 30.0 Å². The van der Waals surface area contributed by atoms with Crippen LogP contribution < -0.4 is 16.2 Å². The van der Waals surface area contributed by atoms with Gasteiger partial charge in [0.25, 0.3) is 5.56 Å². The standard InChI is InChI=1S/C27H36N6O6/c1-16-28-23-18(25(37)33(16)20-9-10-21(34)30-24(20)36)7-6-8-19(23)29-22(35)15-31(5)17-11-13-32(14-12-17)26(38)39-27(2,3)4/h6-8,17,20H,9-15H2,1-5H3,(H,29,35)(H,30,34,36). The number of aryl methyl sites for hydroxylation is 1. The molecule has 12 heteroatoms. The number of benzene rings is 1. The molecule has 0 saturated carbocycles. The summed E-state index contributed by atoms with van der Waals surface area (Å²) in [6, 6.07) is 4.25. The summed E-state index contributed by atoms with van der Waals surface area (Å²) in [5, 5.41) is 5.42. The van der Waals surface area contributed by atoms with Gasteiger partial charge in [-0.25, -0.2) is 9.78 Å². The summed E-state index contributed by atoms with van der Waals surface area (Å²) in [4.78, 5) is 70.8. The first-order valence-electron chi connectivity index (χ1n) is 13.2. The van der Waals surface area contributed by atoms with Gasteiger partial charge in [-0.2, -0.15) is 0 Å². The summed E-state index contributed by atoms with van der Waals surface area (Å²) in [7, 11) is 1.87. The highest BCUT2D eigenvalue weighted by atomic mass is 16.6. The Morgan fingerprint density at radius 2 is 1.85 bits per heavy atom. The highest BCUT2D eigenvalue weighted by Gasteiger charge is 2.31. The van der Waals surface area contributed by atoms with Gasteiger partial charge in [0.15, 0.2) is 0 Å². The molecule has 1 unspecified atom stereocenters. The predicted molar refractivity (Wildman–Crippen MR) is 144 cm³/mol. The lowest BCUT2D eigenvalue weighted by atomic mass is 10.0. The first-order valence-corrected chi connectivity index (χ1v) is 13.2. The number of imide groups is 1. The molecular weight excluding hydrogens is 504 g/mol. The third-order valence-corrected chi connectivity index (χ3v) is 7.04. The van der Waals surface area contributed by atoms with Crippen molar-refractivity contribution in [2.45, 2.75) is 71.1 Å². The van der Waals surface area contributed by atoms with Crippen LogP contribution >= 0.6 is 0 Å². The van der Waals surface area contributed by atoms with E-state index < -0.39 is 23.1 Å². The smallest absolute Gasteiger partial charge is 0.410 e. The van der Waals surface area contributed by atoms with Crippen LogP contribution in [0.1, 0.15) is 58.3 Å². The highest BCUT2D eigenvalue weighted by Crippen LogP contribution is 2.24. The monoisotopic (exact) mass is 540 g/mol. The second kappa shape index (κ2) is 11.1. The number of fused-ring (bicyclic) bond motifs is 1. The number of likely N-dealkylation sites (tertiary alicyclic amines) is 1. The zero-order valence-corrected chi connectivity index (χ0v) is 23.1. The normalized spacial score (nSPS) is 18.8. The quantitative estimate of drug-likeness (QED) is 0.548. The summed E-state index contributed by atoms with van der Waals surface area (Å²) in [5.41, 5.74) is -0.209. The van der Waals surface area contributed by atoms with Gasteiger partial charge in [-0.3, -0.25) is 34.0 Å². The Morgan fingerprint density at radius 1 is 1.15 bits per heavy atom. The summed E-state index contributed by atoms with van der Waals surface area (Å²) < 4.78 is 6.77. The lowest BCUT2D eigenvalue weighted by Gasteiger charge is -2.37. The van der Waals surface area contributed by atoms with Crippen molar-refractivity contribution >= 4 is 40.4 Å². The molecule has 2 fully saturated rings. The molecule has 0 aliphatic carbocycles. The Morgan fingerprint density at radius 3 is 2.49 bits per heavy atom. The number of rotatable bonds is 5. The molecule has 2 aliphatic rings. The molecule has 0 radical (unpaired) electrons. The minimum absolute atomic E-state index is 0.125. The lowest BCUT2D eigenvalue weighted by molar-refractivity contribution is -0.135. The average Bonchev–Trinajstić information content (AvgIpc) is 2.85. The Balaban J connectivity index is 1.42. The van der Waals surface area contributed by atoms with Crippen molar-refractivity contribution in [1.29, 1.82) is 0 Å². The van der Waals surface area contributed by atoms with Gasteiger partial charge in [-0.1, -0.05) is 6.07 Å². The third-order valence-electron chi connectivity index (χ3n) is 7.04. The Kier molecular flexibility index (Phi) is 8.05. The van der Waals surface area contributed by atoms with E-state index in [0.29, 0.717) is 30.1 Å². The molecule has 39 heavy (non-hydrogen) atoms. The van der Waals surface area contributed by atoms with E-state index in [1.807, 2.05) is 32.7 Å². The minimum Gasteiger partial charge on any atom is -0.444 e. The van der Waals surface area contributed by atoms with E-state index >= 15 is 0 Å². The topological polar surface area (TPSA) is 143 Å². The molecule has 1 aromatic carbocycles. The van der Waals surface area contributed by atoms with Crippen LogP contribution in [0.5, 0.6) is 0 Å². The van der Waals surface area contributed by atoms with E-state index in [2.05, 4.69) is 15.6 Å². The van der Waals surface area contributed by atoms with Gasteiger partial charge >= 0.3 is 6.09 Å². The molecule has 1 atom stereocenters. The van der Waals surface area contributed by atoms with Gasteiger partial charge < -0.3 is 15.0 Å². The number of hydrogen-bond acceptors (Lipinski definition) is 8. The van der Waals surface area contributed by atoms with Crippen molar-refractivity contribution in [1.82, 2.24) is 24.7 Å². The van der Waals surface area contributed by atoms with E-state index in [-0.39, 0.29) is 48.7 Å². The number of nitrogens with one attached hydrogen (secondary N) is 2. The van der Waals surface area contributed by atoms with Crippen LogP contribution in [0, 0.1) is 6.92 Å². The highest BCUT2D eigenvalue weighted by molar-refractivity contribution is 6.01. The van der Waals surface area contributed by atoms with Gasteiger partial charge in [0.05, 0.1) is 17.6 Å². The number of amides is 4. The fraction of sp³-hybridized carbons (Fsp3) is 0.556. The predicted octanol–water partition coefficient (Wildman–Crippen LogP) is 1.95. The van der Waals surface area contributed by atoms with E-state index in [4.69, 9.17) is 4.74 Å². The Hall–Kier alpha value is -3.80. The van der Waals surface area contributed by atoms with Crippen molar-refractivity contribution in [3.8, 4) is 0 Å². The maximum atomic E-state index is 13.3. The third kappa shape index (κ3) is 6.44. The fourth-order valence-electron chi connectivity index (χ4n) is 5.09. The minimum atomic E-state index is -0.819. The van der Waals surface area contributed by atoms with Crippen LogP contribution in [0.3, 0.4) is 0 Å². The number of aromatic nitrogens is 2. The molecule has 4 rings (SSSR count). The fourth-order valence-corrected chi connectivity index (χ4v) is 5.09. The van der Waals surface area contributed by atoms with Crippen molar-refractivity contribution in [2.75, 3.05) is 32.0 Å². The molecular formula is C27H36N6O6. The lowest BCUT2D eigenvalue weighted by Crippen LogP contribution is -2.48. The molecule has 210 valence electrons. The molecule has 2 N–H and O–H groups in total. The van der Waals surface area contributed by atoms with E-state index in [0.717, 1.165) is 12.8 Å². The van der Waals surface area contributed by atoms with Crippen molar-refractivity contribution < 1.29 is 23.9 Å². The Labute approximate surface area is 226 Å². The second-order valence-corrected chi connectivity index (χ2v) is 11.2. The van der Waals surface area contributed by atoms with Crippen LogP contribution in [0.4, 0.5) is 10.5 Å². The number of carbonyl (C=O) groups is 4. The van der Waals surface area contributed by atoms with Crippen LogP contribution in [-0.4, -0.2) is 81.5 Å². The van der Waals surface area contributed by atoms with Crippen molar-refractivity contribution in [2.24, 2.45) is 0 Å². The molecule has 2 aliphatic heterocycles. The number of ether oxygens (including phenoxy) is 1. The molecule has 2 saturated heterocycles. The molecule has 2 aromatic rings. The van der Waals surface area contributed by atoms with Gasteiger partial charge in [0.2, 0.25) is 17.7 Å². The molecule has 1 aromatic heterocycles. The molecule has 0 spiro atoms. The van der Waals surface area contributed by atoms with Gasteiger partial charge in [0.1, 0.15) is 23.0 Å². The number of para-hydroxylation sites is 1. The molecule has 4 amide bonds. The molecule has 12 nitrogen and oxygen atoms in total. The van der Waals surface area contributed by atoms with Crippen molar-refractivity contribution in [3.05, 3.63) is 34.4 Å². The SMILES string of the molecule is Cc1nc2c(NC(=O)CN(C)C3CCN(C(=O)OC(C)(C)C)CC3)cccc2c(=O)n1C1CCC(=O)NC1=O. The summed E-state index contributed by atoms with van der Waals surface area (Å²) in [5.74, 6) is -0.827. The van der Waals surface area contributed by atoms with Crippen LogP contribution in [0.15, 0.2) is 23.0 Å². The summed E-state index contributed by atoms with van der Waals surface area (Å²) in [6.45, 7) is 8.37. The molecule has 3 heterocycles. The number of piperidine rings is 2. The first kappa shape index (κ1) is 28.2. The summed E-state index contributed by atoms with van der Waals surface area (Å²) in [6.07, 6.45) is 1.48. The maximum Gasteiger partial charge on any atom is 0.410 e. The van der Waals surface area contributed by atoms with Crippen molar-refractivity contribution in [3.63, 3.8) is 0 Å². The number of anilines is 1. The van der Waals surface area contributed by atoms with Crippen LogP contribution in [0.25, 0.3) is 10.9 Å². The number of hydrogen-bond donors (Lipinski definition) is 2. The van der Waals surface area contributed by atoms with Gasteiger partial charge in [-0.15, -0.1) is 0 Å². The zero-order valence-electron chi connectivity index (χ0n) is 23.1. The number of nitrogens with zero attached hydrogens (tertiary/aromatic N) is 4.